The summed E-state index contributed by atoms with van der Waals surface area (Å²) >= 11 is 0. The molecule has 0 aliphatic carbocycles. The van der Waals surface area contributed by atoms with Gasteiger partial charge < -0.3 is 15.1 Å². The molecule has 3 N–H and O–H groups in total. The second-order valence-electron chi connectivity index (χ2n) is 5.80. The van der Waals surface area contributed by atoms with E-state index in [-0.39, 0.29) is 4.90 Å². The highest BCUT2D eigenvalue weighted by Crippen LogP contribution is 2.22. The highest BCUT2D eigenvalue weighted by Gasteiger charge is 2.24. The Morgan fingerprint density at radius 3 is 1.93 bits per heavy atom. The second kappa shape index (κ2) is 8.71. The van der Waals surface area contributed by atoms with Crippen LogP contribution in [0.25, 0.3) is 0 Å². The molecule has 0 radical (unpaired) electrons. The van der Waals surface area contributed by atoms with E-state index in [0.717, 1.165) is 5.69 Å². The molecular formula is C17H20N4O5S. The van der Waals surface area contributed by atoms with Crippen molar-refractivity contribution in [3.63, 3.8) is 0 Å². The van der Waals surface area contributed by atoms with Crippen molar-refractivity contribution in [3.8, 4) is 0 Å². The molecule has 27 heavy (non-hydrogen) atoms. The first-order valence-electron chi connectivity index (χ1n) is 7.88. The van der Waals surface area contributed by atoms with Gasteiger partial charge in [0.15, 0.2) is 0 Å². The summed E-state index contributed by atoms with van der Waals surface area (Å²) in [7, 11) is -0.220. The number of carboxylic acids is 1. The zero-order chi connectivity index (χ0) is 20.0. The largest absolute Gasteiger partial charge is 0.480 e. The first kappa shape index (κ1) is 20.5. The molecule has 9 nitrogen and oxygen atoms in total. The molecule has 0 aromatic heterocycles. The summed E-state index contributed by atoms with van der Waals surface area (Å²) in [6, 6.07) is 11.3. The number of aliphatic carboxylic acids is 1. The molecule has 0 aliphatic rings. The van der Waals surface area contributed by atoms with Crippen molar-refractivity contribution in [3.05, 3.63) is 48.5 Å². The predicted molar refractivity (Wildman–Crippen MR) is 100 cm³/mol. The van der Waals surface area contributed by atoms with Crippen molar-refractivity contribution >= 4 is 33.1 Å². The minimum Gasteiger partial charge on any atom is -0.480 e. The molecule has 0 aliphatic heterocycles. The fourth-order valence-corrected chi connectivity index (χ4v) is 3.23. The van der Waals surface area contributed by atoms with E-state index in [4.69, 9.17) is 10.2 Å². The molecule has 0 fully saturated rings. The Bertz CT molecular complexity index is 909. The van der Waals surface area contributed by atoms with Gasteiger partial charge >= 0.3 is 5.97 Å². The van der Waals surface area contributed by atoms with Gasteiger partial charge in [0.2, 0.25) is 10.0 Å². The fraction of sp³-hybridized carbons (Fsp3) is 0.235. The second-order valence-corrected chi connectivity index (χ2v) is 7.51. The number of aliphatic hydroxyl groups is 1. The van der Waals surface area contributed by atoms with Gasteiger partial charge in [-0.05, 0) is 48.5 Å². The number of nitrogens with one attached hydrogen (secondary N) is 1. The minimum absolute atomic E-state index is 0.142. The molecule has 1 unspecified atom stereocenters. The molecule has 0 amide bonds. The van der Waals surface area contributed by atoms with E-state index in [1.54, 1.807) is 0 Å². The van der Waals surface area contributed by atoms with Crippen molar-refractivity contribution in [2.24, 2.45) is 10.2 Å². The number of aliphatic hydroxyl groups excluding tert-OH is 1. The summed E-state index contributed by atoms with van der Waals surface area (Å²) in [5, 5.41) is 25.9. The number of hydrogen-bond acceptors (Lipinski definition) is 7. The first-order valence-corrected chi connectivity index (χ1v) is 9.36. The van der Waals surface area contributed by atoms with Crippen molar-refractivity contribution < 1.29 is 23.4 Å². The van der Waals surface area contributed by atoms with Gasteiger partial charge in [0.05, 0.1) is 22.9 Å². The maximum atomic E-state index is 12.1. The van der Waals surface area contributed by atoms with Gasteiger partial charge in [-0.15, -0.1) is 0 Å². The van der Waals surface area contributed by atoms with E-state index in [1.807, 2.05) is 48.0 Å². The molecule has 2 rings (SSSR count). The number of benzene rings is 2. The van der Waals surface area contributed by atoms with Gasteiger partial charge in [-0.3, -0.25) is 4.79 Å². The van der Waals surface area contributed by atoms with Gasteiger partial charge in [0.25, 0.3) is 0 Å². The lowest BCUT2D eigenvalue weighted by Gasteiger charge is -2.12. The highest BCUT2D eigenvalue weighted by molar-refractivity contribution is 7.89. The van der Waals surface area contributed by atoms with Crippen molar-refractivity contribution in [2.45, 2.75) is 10.9 Å². The summed E-state index contributed by atoms with van der Waals surface area (Å²) in [5.41, 5.74) is 2.10. The van der Waals surface area contributed by atoms with Crippen LogP contribution in [0, 0.1) is 0 Å². The van der Waals surface area contributed by atoms with Crippen LogP contribution in [0.15, 0.2) is 63.7 Å². The van der Waals surface area contributed by atoms with E-state index in [0.29, 0.717) is 11.4 Å². The zero-order valence-corrected chi connectivity index (χ0v) is 15.6. The average molecular weight is 392 g/mol. The molecule has 10 heteroatoms. The molecule has 0 saturated carbocycles. The van der Waals surface area contributed by atoms with Crippen molar-refractivity contribution in [2.75, 3.05) is 25.6 Å². The van der Waals surface area contributed by atoms with Crippen LogP contribution in [-0.2, 0) is 14.8 Å². The van der Waals surface area contributed by atoms with Gasteiger partial charge in [0.1, 0.15) is 6.04 Å². The van der Waals surface area contributed by atoms with Crippen LogP contribution >= 0.6 is 0 Å². The molecule has 144 valence electrons. The molecule has 2 aromatic rings. The average Bonchev–Trinajstić information content (AvgIpc) is 2.65. The number of anilines is 1. The van der Waals surface area contributed by atoms with Gasteiger partial charge in [0, 0.05) is 19.8 Å². The standard InChI is InChI=1S/C17H20N4O5S/c1-21(2)14-7-3-12(4-8-14)18-19-13-5-9-15(10-6-13)27(25,26)20-16(11-22)17(23)24/h3-10,16,20,22H,11H2,1-2H3,(H,23,24). The monoisotopic (exact) mass is 392 g/mol. The topological polar surface area (TPSA) is 132 Å². The van der Waals surface area contributed by atoms with Crippen LogP contribution < -0.4 is 9.62 Å². The van der Waals surface area contributed by atoms with E-state index in [2.05, 4.69) is 10.2 Å². The van der Waals surface area contributed by atoms with E-state index in [1.165, 1.54) is 24.3 Å². The van der Waals surface area contributed by atoms with E-state index >= 15 is 0 Å². The molecule has 0 bridgehead atoms. The zero-order valence-electron chi connectivity index (χ0n) is 14.8. The molecule has 0 spiro atoms. The third kappa shape index (κ3) is 5.58. The Morgan fingerprint density at radius 2 is 1.52 bits per heavy atom. The fourth-order valence-electron chi connectivity index (χ4n) is 2.05. The van der Waals surface area contributed by atoms with Crippen molar-refractivity contribution in [1.29, 1.82) is 0 Å². The third-order valence-corrected chi connectivity index (χ3v) is 5.06. The normalized spacial score (nSPS) is 12.9. The molecule has 1 atom stereocenters. The summed E-state index contributed by atoms with van der Waals surface area (Å²) in [5.74, 6) is -1.47. The smallest absolute Gasteiger partial charge is 0.324 e. The number of nitrogens with zero attached hydrogens (tertiary/aromatic N) is 3. The number of rotatable bonds is 8. The van der Waals surface area contributed by atoms with Gasteiger partial charge in [-0.1, -0.05) is 0 Å². The minimum atomic E-state index is -4.08. The quantitative estimate of drug-likeness (QED) is 0.588. The molecular weight excluding hydrogens is 372 g/mol. The molecule has 0 saturated heterocycles. The molecule has 2 aromatic carbocycles. The van der Waals surface area contributed by atoms with E-state index in [9.17, 15) is 13.2 Å². The van der Waals surface area contributed by atoms with Crippen LogP contribution in [0.4, 0.5) is 17.1 Å². The number of hydrogen-bond donors (Lipinski definition) is 3. The number of carbonyl (C=O) groups is 1. The maximum Gasteiger partial charge on any atom is 0.324 e. The van der Waals surface area contributed by atoms with Crippen LogP contribution in [0.1, 0.15) is 0 Å². The van der Waals surface area contributed by atoms with Crippen LogP contribution in [0.5, 0.6) is 0 Å². The maximum absolute atomic E-state index is 12.1. The predicted octanol–water partition coefficient (Wildman–Crippen LogP) is 1.89. The Labute approximate surface area is 157 Å². The lowest BCUT2D eigenvalue weighted by molar-refractivity contribution is -0.139. The Morgan fingerprint density at radius 1 is 1.04 bits per heavy atom. The molecule has 0 heterocycles. The van der Waals surface area contributed by atoms with Crippen LogP contribution in [0.3, 0.4) is 0 Å². The van der Waals surface area contributed by atoms with E-state index < -0.39 is 28.6 Å². The Hall–Kier alpha value is -2.82. The number of carboxylic acid groups (broad SMARTS) is 1. The highest BCUT2D eigenvalue weighted by atomic mass is 32.2. The van der Waals surface area contributed by atoms with Crippen LogP contribution in [-0.4, -0.2) is 51.3 Å². The van der Waals surface area contributed by atoms with Gasteiger partial charge in [-0.25, -0.2) is 8.42 Å². The lowest BCUT2D eigenvalue weighted by atomic mass is 10.3. The number of sulfonamides is 1. The van der Waals surface area contributed by atoms with Crippen molar-refractivity contribution in [1.82, 2.24) is 4.72 Å². The lowest BCUT2D eigenvalue weighted by Crippen LogP contribution is -2.43. The van der Waals surface area contributed by atoms with Crippen LogP contribution in [0.2, 0.25) is 0 Å². The first-order chi connectivity index (χ1) is 12.7. The van der Waals surface area contributed by atoms with Gasteiger partial charge in [-0.2, -0.15) is 15.0 Å². The summed E-state index contributed by atoms with van der Waals surface area (Å²) in [6.07, 6.45) is 0. The summed E-state index contributed by atoms with van der Waals surface area (Å²) < 4.78 is 26.2. The number of azo groups is 1. The Kier molecular flexibility index (Phi) is 6.61. The summed E-state index contributed by atoms with van der Waals surface area (Å²) in [4.78, 5) is 12.7. The summed E-state index contributed by atoms with van der Waals surface area (Å²) in [6.45, 7) is -0.854. The third-order valence-electron chi connectivity index (χ3n) is 3.57. The SMILES string of the molecule is CN(C)c1ccc(N=Nc2ccc(S(=O)(=O)NC(CO)C(=O)O)cc2)cc1. The Balaban J connectivity index is 2.11.